The van der Waals surface area contributed by atoms with Gasteiger partial charge in [-0.2, -0.15) is 0 Å². The second kappa shape index (κ2) is 11.6. The van der Waals surface area contributed by atoms with Gasteiger partial charge < -0.3 is 9.64 Å². The van der Waals surface area contributed by atoms with Gasteiger partial charge in [-0.1, -0.05) is 166 Å². The molecule has 0 bridgehead atoms. The number of para-hydroxylation sites is 1. The van der Waals surface area contributed by atoms with E-state index in [1.807, 2.05) is 0 Å². The van der Waals surface area contributed by atoms with Crippen molar-refractivity contribution in [2.75, 3.05) is 4.90 Å². The van der Waals surface area contributed by atoms with Gasteiger partial charge in [-0.25, -0.2) is 0 Å². The van der Waals surface area contributed by atoms with Crippen molar-refractivity contribution >= 4 is 27.8 Å². The highest BCUT2D eigenvalue weighted by atomic mass is 16.5. The van der Waals surface area contributed by atoms with E-state index in [2.05, 4.69) is 207 Å². The van der Waals surface area contributed by atoms with Crippen LogP contribution in [0.5, 0.6) is 11.5 Å². The van der Waals surface area contributed by atoms with E-state index >= 15 is 0 Å². The normalized spacial score (nSPS) is 14.4. The summed E-state index contributed by atoms with van der Waals surface area (Å²) in [5, 5.41) is 2.39. The van der Waals surface area contributed by atoms with Gasteiger partial charge in [-0.3, -0.25) is 0 Å². The fraction of sp³-hybridized carbons (Fsp3) is 0.0800. The average Bonchev–Trinajstić information content (AvgIpc) is 3.50. The molecule has 2 aliphatic rings. The van der Waals surface area contributed by atoms with Crippen molar-refractivity contribution in [2.24, 2.45) is 0 Å². The Kier molecular flexibility index (Phi) is 6.78. The lowest BCUT2D eigenvalue weighted by atomic mass is 9.67. The summed E-state index contributed by atoms with van der Waals surface area (Å²) in [6, 6.07) is 68.5. The summed E-state index contributed by atoms with van der Waals surface area (Å²) in [5.41, 5.74) is 12.5. The molecular formula is C50H37NO. The third-order valence-electron chi connectivity index (χ3n) is 11.4. The van der Waals surface area contributed by atoms with Crippen LogP contribution in [-0.2, 0) is 10.8 Å². The summed E-state index contributed by atoms with van der Waals surface area (Å²) in [4.78, 5) is 2.47. The lowest BCUT2D eigenvalue weighted by molar-refractivity contribution is 0.418. The van der Waals surface area contributed by atoms with Crippen molar-refractivity contribution in [1.29, 1.82) is 0 Å². The van der Waals surface area contributed by atoms with Crippen molar-refractivity contribution in [1.82, 2.24) is 0 Å². The minimum Gasteiger partial charge on any atom is -0.457 e. The number of ether oxygens (including phenoxy) is 1. The van der Waals surface area contributed by atoms with Crippen LogP contribution in [0.1, 0.15) is 47.2 Å². The van der Waals surface area contributed by atoms with Crippen LogP contribution in [0, 0.1) is 0 Å². The minimum atomic E-state index is -0.508. The van der Waals surface area contributed by atoms with Crippen LogP contribution in [-0.4, -0.2) is 0 Å². The number of nitrogens with zero attached hydrogens (tertiary/aromatic N) is 1. The molecule has 8 aromatic carbocycles. The molecule has 248 valence electrons. The van der Waals surface area contributed by atoms with Gasteiger partial charge in [0.25, 0.3) is 0 Å². The van der Waals surface area contributed by atoms with Gasteiger partial charge in [-0.15, -0.1) is 0 Å². The Morgan fingerprint density at radius 3 is 1.79 bits per heavy atom. The topological polar surface area (TPSA) is 12.5 Å². The van der Waals surface area contributed by atoms with E-state index in [-0.39, 0.29) is 5.41 Å². The summed E-state index contributed by atoms with van der Waals surface area (Å²) >= 11 is 0. The fourth-order valence-corrected chi connectivity index (χ4v) is 9.15. The molecule has 0 atom stereocenters. The number of anilines is 3. The molecule has 0 fully saturated rings. The molecule has 2 nitrogen and oxygen atoms in total. The van der Waals surface area contributed by atoms with Crippen molar-refractivity contribution in [3.05, 3.63) is 221 Å². The van der Waals surface area contributed by atoms with E-state index in [1.54, 1.807) is 0 Å². The molecule has 2 heteroatoms. The maximum atomic E-state index is 6.69. The molecule has 0 saturated heterocycles. The zero-order valence-electron chi connectivity index (χ0n) is 29.3. The Bertz CT molecular complexity index is 2600. The summed E-state index contributed by atoms with van der Waals surface area (Å²) in [7, 11) is 0. The molecular weight excluding hydrogens is 631 g/mol. The molecule has 1 aliphatic carbocycles. The third-order valence-corrected chi connectivity index (χ3v) is 11.4. The first-order valence-corrected chi connectivity index (χ1v) is 18.1. The number of rotatable bonds is 5. The smallest absolute Gasteiger partial charge is 0.133 e. The molecule has 1 aliphatic heterocycles. The lowest BCUT2D eigenvalue weighted by Crippen LogP contribution is -2.29. The van der Waals surface area contributed by atoms with Gasteiger partial charge in [0.1, 0.15) is 11.5 Å². The van der Waals surface area contributed by atoms with E-state index in [9.17, 15) is 0 Å². The lowest BCUT2D eigenvalue weighted by Gasteiger charge is -2.39. The highest BCUT2D eigenvalue weighted by molar-refractivity contribution is 6.00. The first-order valence-electron chi connectivity index (χ1n) is 18.1. The van der Waals surface area contributed by atoms with Gasteiger partial charge in [0, 0.05) is 27.6 Å². The molecule has 1 heterocycles. The Labute approximate surface area is 305 Å². The van der Waals surface area contributed by atoms with Crippen molar-refractivity contribution in [3.8, 4) is 22.6 Å². The minimum absolute atomic E-state index is 0.324. The summed E-state index contributed by atoms with van der Waals surface area (Å²) in [6.07, 6.45) is 0. The van der Waals surface area contributed by atoms with E-state index in [4.69, 9.17) is 4.74 Å². The van der Waals surface area contributed by atoms with Crippen LogP contribution in [0.3, 0.4) is 0 Å². The van der Waals surface area contributed by atoms with Gasteiger partial charge in [0.2, 0.25) is 0 Å². The molecule has 0 radical (unpaired) electrons. The second-order valence-electron chi connectivity index (χ2n) is 14.5. The van der Waals surface area contributed by atoms with E-state index < -0.39 is 5.41 Å². The fourth-order valence-electron chi connectivity index (χ4n) is 9.15. The first-order chi connectivity index (χ1) is 25.6. The largest absolute Gasteiger partial charge is 0.457 e. The highest BCUT2D eigenvalue weighted by Gasteiger charge is 2.46. The predicted octanol–water partition coefficient (Wildman–Crippen LogP) is 13.1. The Morgan fingerprint density at radius 2 is 1.00 bits per heavy atom. The number of hydrogen-bond acceptors (Lipinski definition) is 2. The molecule has 10 rings (SSSR count). The SMILES string of the molecule is CC1(C)c2ccccc2Oc2cccc(N(c3cccc(C4(c5ccccc5)c5ccccc5-c5ccccc54)c3)c3cccc4ccccc34)c21. The van der Waals surface area contributed by atoms with Crippen molar-refractivity contribution < 1.29 is 4.74 Å². The van der Waals surface area contributed by atoms with Gasteiger partial charge >= 0.3 is 0 Å². The molecule has 0 amide bonds. The van der Waals surface area contributed by atoms with Gasteiger partial charge in [-0.05, 0) is 75.2 Å². The molecule has 0 N–H and O–H groups in total. The first kappa shape index (κ1) is 30.4. The monoisotopic (exact) mass is 667 g/mol. The molecule has 8 aromatic rings. The quantitative estimate of drug-likeness (QED) is 0.181. The Balaban J connectivity index is 1.28. The van der Waals surface area contributed by atoms with Crippen LogP contribution in [0.25, 0.3) is 21.9 Å². The zero-order chi connectivity index (χ0) is 34.9. The van der Waals surface area contributed by atoms with Crippen molar-refractivity contribution in [2.45, 2.75) is 24.7 Å². The van der Waals surface area contributed by atoms with E-state index in [1.165, 1.54) is 55.3 Å². The van der Waals surface area contributed by atoms with Crippen LogP contribution < -0.4 is 9.64 Å². The van der Waals surface area contributed by atoms with Crippen LogP contribution in [0.15, 0.2) is 188 Å². The molecule has 0 unspecified atom stereocenters. The molecule has 0 saturated carbocycles. The van der Waals surface area contributed by atoms with Crippen LogP contribution in [0.2, 0.25) is 0 Å². The van der Waals surface area contributed by atoms with E-state index in [0.717, 1.165) is 28.6 Å². The summed E-state index contributed by atoms with van der Waals surface area (Å²) < 4.78 is 6.69. The van der Waals surface area contributed by atoms with Crippen LogP contribution in [0.4, 0.5) is 17.1 Å². The number of fused-ring (bicyclic) bond motifs is 6. The van der Waals surface area contributed by atoms with E-state index in [0.29, 0.717) is 0 Å². The average molecular weight is 668 g/mol. The molecule has 0 spiro atoms. The van der Waals surface area contributed by atoms with Gasteiger partial charge in [0.15, 0.2) is 0 Å². The van der Waals surface area contributed by atoms with Crippen molar-refractivity contribution in [3.63, 3.8) is 0 Å². The van der Waals surface area contributed by atoms with Crippen LogP contribution >= 0.6 is 0 Å². The zero-order valence-corrected chi connectivity index (χ0v) is 29.3. The molecule has 52 heavy (non-hydrogen) atoms. The summed E-state index contributed by atoms with van der Waals surface area (Å²) in [6.45, 7) is 4.65. The predicted molar refractivity (Wildman–Crippen MR) is 215 cm³/mol. The highest BCUT2D eigenvalue weighted by Crippen LogP contribution is 2.58. The maximum Gasteiger partial charge on any atom is 0.133 e. The second-order valence-corrected chi connectivity index (χ2v) is 14.5. The maximum absolute atomic E-state index is 6.69. The standard InChI is InChI=1S/C50H37NO/c1-49(2)43-28-12-13-31-46(43)52-47-32-16-30-45(48(47)49)51(44-29-14-18-34-17-6-7-23-38(34)44)37-22-15-21-36(33-37)50(35-19-4-3-5-20-35)41-26-10-8-24-39(41)40-25-9-11-27-42(40)50/h3-33H,1-2H3. The number of benzene rings is 8. The van der Waals surface area contributed by atoms with Gasteiger partial charge in [0.05, 0.1) is 16.8 Å². The Hall–Kier alpha value is -6.38. The number of hydrogen-bond donors (Lipinski definition) is 0. The third kappa shape index (κ3) is 4.31. The Morgan fingerprint density at radius 1 is 0.442 bits per heavy atom. The summed E-state index contributed by atoms with van der Waals surface area (Å²) in [5.74, 6) is 1.81. The molecule has 0 aromatic heterocycles.